The zero-order chi connectivity index (χ0) is 28.5. The number of hydrogen-bond acceptors (Lipinski definition) is 1. The van der Waals surface area contributed by atoms with Gasteiger partial charge in [-0.25, -0.2) is 4.98 Å². The van der Waals surface area contributed by atoms with Crippen molar-refractivity contribution in [1.29, 1.82) is 0 Å². The van der Waals surface area contributed by atoms with E-state index in [4.69, 9.17) is 4.98 Å². The van der Waals surface area contributed by atoms with E-state index >= 15 is 0 Å². The Kier molecular flexibility index (Phi) is 5.21. The van der Waals surface area contributed by atoms with Crippen molar-refractivity contribution in [2.45, 2.75) is 13.3 Å². The summed E-state index contributed by atoms with van der Waals surface area (Å²) in [5, 5.41) is 7.64. The van der Waals surface area contributed by atoms with E-state index in [9.17, 15) is 0 Å². The van der Waals surface area contributed by atoms with E-state index in [1.165, 1.54) is 76.7 Å². The minimum absolute atomic E-state index is 0.901. The van der Waals surface area contributed by atoms with Gasteiger partial charge in [0.15, 0.2) is 0 Å². The van der Waals surface area contributed by atoms with E-state index in [0.29, 0.717) is 0 Å². The zero-order valence-electron chi connectivity index (χ0n) is 23.9. The molecule has 0 aliphatic rings. The lowest BCUT2D eigenvalue weighted by atomic mass is 9.85. The van der Waals surface area contributed by atoms with Crippen LogP contribution >= 0.6 is 0 Å². The highest BCUT2D eigenvalue weighted by atomic mass is 15.0. The molecule has 0 N–H and O–H groups in total. The fourth-order valence-electron chi connectivity index (χ4n) is 7.20. The molecule has 0 unspecified atom stereocenters. The smallest absolute Gasteiger partial charge is 0.114 e. The second-order valence-electron chi connectivity index (χ2n) is 11.4. The van der Waals surface area contributed by atoms with Gasteiger partial charge in [0.05, 0.1) is 16.6 Å². The molecule has 2 nitrogen and oxygen atoms in total. The maximum Gasteiger partial charge on any atom is 0.114 e. The Morgan fingerprint density at radius 1 is 0.465 bits per heavy atom. The molecule has 0 aliphatic carbocycles. The second kappa shape index (κ2) is 9.27. The average Bonchev–Trinajstić information content (AvgIpc) is 3.62. The fraction of sp³-hybridized carbons (Fsp3) is 0.0488. The summed E-state index contributed by atoms with van der Waals surface area (Å²) in [7, 11) is 0. The Morgan fingerprint density at radius 3 is 1.65 bits per heavy atom. The number of imidazole rings is 1. The van der Waals surface area contributed by atoms with Crippen molar-refractivity contribution < 1.29 is 0 Å². The third-order valence-electron chi connectivity index (χ3n) is 9.09. The molecule has 0 fully saturated rings. The molecule has 0 bridgehead atoms. The molecule has 7 aromatic carbocycles. The van der Waals surface area contributed by atoms with Gasteiger partial charge in [0.1, 0.15) is 5.82 Å². The highest BCUT2D eigenvalue weighted by Gasteiger charge is 2.20. The molecule has 43 heavy (non-hydrogen) atoms. The maximum absolute atomic E-state index is 4.93. The van der Waals surface area contributed by atoms with Gasteiger partial charge in [0.25, 0.3) is 0 Å². The predicted octanol–water partition coefficient (Wildman–Crippen LogP) is 10.9. The quantitative estimate of drug-likeness (QED) is 0.200. The largest absolute Gasteiger partial charge is 0.295 e. The summed E-state index contributed by atoms with van der Waals surface area (Å²) in [5.41, 5.74) is 11.1. The minimum Gasteiger partial charge on any atom is -0.295 e. The Balaban J connectivity index is 1.31. The van der Waals surface area contributed by atoms with Crippen molar-refractivity contribution in [2.75, 3.05) is 0 Å². The predicted molar refractivity (Wildman–Crippen MR) is 182 cm³/mol. The first kappa shape index (κ1) is 24.2. The summed E-state index contributed by atoms with van der Waals surface area (Å²) < 4.78 is 2.36. The van der Waals surface area contributed by atoms with Crippen molar-refractivity contribution in [3.8, 4) is 33.4 Å². The highest BCUT2D eigenvalue weighted by Crippen LogP contribution is 2.45. The molecule has 0 radical (unpaired) electrons. The zero-order valence-corrected chi connectivity index (χ0v) is 23.9. The van der Waals surface area contributed by atoms with Crippen LogP contribution < -0.4 is 0 Å². The Hall–Kier alpha value is -5.47. The maximum atomic E-state index is 4.93. The van der Waals surface area contributed by atoms with Gasteiger partial charge in [-0.3, -0.25) is 4.40 Å². The summed E-state index contributed by atoms with van der Waals surface area (Å²) in [6, 6.07) is 51.0. The van der Waals surface area contributed by atoms with Gasteiger partial charge in [0, 0.05) is 17.2 Å². The number of aromatic nitrogens is 2. The molecule has 0 aliphatic heterocycles. The lowest BCUT2D eigenvalue weighted by Gasteiger charge is -2.18. The molecule has 9 rings (SSSR count). The molecule has 0 saturated heterocycles. The van der Waals surface area contributed by atoms with E-state index in [1.54, 1.807) is 0 Å². The lowest BCUT2D eigenvalue weighted by molar-refractivity contribution is 0.961. The number of hydrogen-bond donors (Lipinski definition) is 0. The number of aryl methyl sites for hydroxylation is 1. The number of benzene rings is 7. The first-order valence-electron chi connectivity index (χ1n) is 15.0. The topological polar surface area (TPSA) is 17.3 Å². The van der Waals surface area contributed by atoms with Crippen molar-refractivity contribution in [3.05, 3.63) is 145 Å². The SMILES string of the molecule is CCc1nc2cccc3c4cc(-c5c6ccccc6c(-c6ccc(-c7ccccc7)cc6)c6ccccc56)ccc4n1c23. The van der Waals surface area contributed by atoms with Crippen LogP contribution in [0.3, 0.4) is 0 Å². The normalized spacial score (nSPS) is 11.9. The molecule has 0 saturated carbocycles. The number of rotatable bonds is 4. The Morgan fingerprint density at radius 2 is 1.00 bits per heavy atom. The van der Waals surface area contributed by atoms with Gasteiger partial charge in [-0.2, -0.15) is 0 Å². The van der Waals surface area contributed by atoms with Crippen LogP contribution in [0.4, 0.5) is 0 Å². The van der Waals surface area contributed by atoms with E-state index in [2.05, 4.69) is 151 Å². The fourth-order valence-corrected chi connectivity index (χ4v) is 7.20. The van der Waals surface area contributed by atoms with Gasteiger partial charge in [0.2, 0.25) is 0 Å². The summed E-state index contributed by atoms with van der Waals surface area (Å²) in [5.74, 6) is 1.12. The first-order valence-corrected chi connectivity index (χ1v) is 15.0. The number of fused-ring (bicyclic) bond motifs is 5. The molecule has 0 amide bonds. The first-order chi connectivity index (χ1) is 21.3. The van der Waals surface area contributed by atoms with Crippen LogP contribution in [0.5, 0.6) is 0 Å². The van der Waals surface area contributed by atoms with Crippen molar-refractivity contribution in [1.82, 2.24) is 9.38 Å². The summed E-state index contributed by atoms with van der Waals surface area (Å²) in [4.78, 5) is 4.93. The second-order valence-corrected chi connectivity index (χ2v) is 11.4. The van der Waals surface area contributed by atoms with Crippen molar-refractivity contribution >= 4 is 48.9 Å². The van der Waals surface area contributed by atoms with Crippen molar-refractivity contribution in [2.24, 2.45) is 0 Å². The summed E-state index contributed by atoms with van der Waals surface area (Å²) in [6.07, 6.45) is 0.901. The van der Waals surface area contributed by atoms with Gasteiger partial charge in [-0.1, -0.05) is 128 Å². The Bertz CT molecular complexity index is 2410. The van der Waals surface area contributed by atoms with E-state index in [1.807, 2.05) is 0 Å². The lowest BCUT2D eigenvalue weighted by Crippen LogP contribution is -1.92. The van der Waals surface area contributed by atoms with E-state index in [0.717, 1.165) is 17.8 Å². The molecule has 2 heterocycles. The molecule has 202 valence electrons. The van der Waals surface area contributed by atoms with Gasteiger partial charge in [-0.15, -0.1) is 0 Å². The van der Waals surface area contributed by atoms with Crippen LogP contribution in [0.25, 0.3) is 82.2 Å². The molecule has 0 spiro atoms. The number of para-hydroxylation sites is 1. The molecule has 2 heteroatoms. The highest BCUT2D eigenvalue weighted by molar-refractivity contribution is 6.22. The summed E-state index contributed by atoms with van der Waals surface area (Å²) >= 11 is 0. The third-order valence-corrected chi connectivity index (χ3v) is 9.09. The van der Waals surface area contributed by atoms with Crippen LogP contribution in [0, 0.1) is 0 Å². The van der Waals surface area contributed by atoms with E-state index < -0.39 is 0 Å². The van der Waals surface area contributed by atoms with Crippen LogP contribution in [-0.2, 0) is 6.42 Å². The van der Waals surface area contributed by atoms with Crippen LogP contribution in [0.15, 0.2) is 140 Å². The van der Waals surface area contributed by atoms with Crippen molar-refractivity contribution in [3.63, 3.8) is 0 Å². The third kappa shape index (κ3) is 3.50. The van der Waals surface area contributed by atoms with Crippen LogP contribution in [0.2, 0.25) is 0 Å². The summed E-state index contributed by atoms with van der Waals surface area (Å²) in [6.45, 7) is 2.19. The number of nitrogens with zero attached hydrogens (tertiary/aromatic N) is 2. The molecule has 9 aromatic rings. The molecule has 0 atom stereocenters. The van der Waals surface area contributed by atoms with Gasteiger partial charge >= 0.3 is 0 Å². The molecular formula is C41H28N2. The van der Waals surface area contributed by atoms with Gasteiger partial charge < -0.3 is 0 Å². The van der Waals surface area contributed by atoms with Crippen LogP contribution in [0.1, 0.15) is 12.7 Å². The van der Waals surface area contributed by atoms with Gasteiger partial charge in [-0.05, 0) is 73.1 Å². The molecule has 2 aromatic heterocycles. The molecular weight excluding hydrogens is 520 g/mol. The Labute approximate surface area is 249 Å². The van der Waals surface area contributed by atoms with Crippen LogP contribution in [-0.4, -0.2) is 9.38 Å². The average molecular weight is 549 g/mol. The monoisotopic (exact) mass is 548 g/mol. The minimum atomic E-state index is 0.901. The van der Waals surface area contributed by atoms with E-state index in [-0.39, 0.29) is 0 Å². The standard InChI is InChI=1S/C41H28N2/c1-2-38-42-36-18-10-17-34-35-25-29(23-24-37(35)43(38)41(34)36)40-32-15-8-6-13-30(32)39(31-14-7-9-16-33(31)40)28-21-19-27(20-22-28)26-11-4-3-5-12-26/h3-25H,2H2,1H3.